The Morgan fingerprint density at radius 3 is 2.59 bits per heavy atom. The van der Waals surface area contributed by atoms with Gasteiger partial charge in [0.05, 0.1) is 13.2 Å². The van der Waals surface area contributed by atoms with Crippen LogP contribution in [0.3, 0.4) is 0 Å². The van der Waals surface area contributed by atoms with Crippen LogP contribution in [0.15, 0.2) is 23.1 Å². The molecule has 0 radical (unpaired) electrons. The van der Waals surface area contributed by atoms with Gasteiger partial charge in [-0.25, -0.2) is 8.42 Å². The van der Waals surface area contributed by atoms with Gasteiger partial charge in [0.1, 0.15) is 10.6 Å². The first kappa shape index (κ1) is 15.8. The lowest BCUT2D eigenvalue weighted by molar-refractivity contribution is -0.00416. The van der Waals surface area contributed by atoms with Crippen molar-refractivity contribution in [1.82, 2.24) is 4.31 Å². The Balaban J connectivity index is 1.96. The molecule has 2 aliphatic rings. The number of hydrogen-bond acceptors (Lipinski definition) is 4. The molecule has 0 spiro atoms. The summed E-state index contributed by atoms with van der Waals surface area (Å²) < 4.78 is 32.7. The summed E-state index contributed by atoms with van der Waals surface area (Å²) in [6.45, 7) is 4.97. The quantitative estimate of drug-likeness (QED) is 0.917. The molecule has 1 N–H and O–H groups in total. The van der Waals surface area contributed by atoms with E-state index < -0.39 is 10.0 Å². The summed E-state index contributed by atoms with van der Waals surface area (Å²) in [7, 11) is -2.10. The summed E-state index contributed by atoms with van der Waals surface area (Å²) in [5.74, 6) is 1.01. The Morgan fingerprint density at radius 2 is 2.05 bits per heavy atom. The van der Waals surface area contributed by atoms with Gasteiger partial charge in [-0.2, -0.15) is 4.31 Å². The lowest BCUT2D eigenvalue weighted by Gasteiger charge is -2.34. The molecule has 3 atom stereocenters. The Hall–Kier alpha value is -1.11. The summed E-state index contributed by atoms with van der Waals surface area (Å²) in [6, 6.07) is 5.34. The van der Waals surface area contributed by atoms with Crippen molar-refractivity contribution in [1.29, 1.82) is 0 Å². The van der Waals surface area contributed by atoms with Crippen LogP contribution in [0.2, 0.25) is 0 Å². The second kappa shape index (κ2) is 5.51. The van der Waals surface area contributed by atoms with Crippen molar-refractivity contribution in [3.05, 3.63) is 23.8 Å². The molecule has 1 aliphatic heterocycles. The van der Waals surface area contributed by atoms with Crippen molar-refractivity contribution in [2.75, 3.05) is 20.2 Å². The molecule has 1 aromatic carbocycles. The number of aliphatic hydroxyl groups excluding tert-OH is 1. The van der Waals surface area contributed by atoms with Gasteiger partial charge >= 0.3 is 0 Å². The van der Waals surface area contributed by atoms with Gasteiger partial charge in [0.2, 0.25) is 10.0 Å². The van der Waals surface area contributed by atoms with E-state index in [9.17, 15) is 13.5 Å². The van der Waals surface area contributed by atoms with Crippen molar-refractivity contribution < 1.29 is 18.3 Å². The minimum absolute atomic E-state index is 0.0917. The van der Waals surface area contributed by atoms with Crippen LogP contribution in [0.25, 0.3) is 0 Å². The van der Waals surface area contributed by atoms with Gasteiger partial charge in [-0.1, -0.05) is 19.9 Å². The second-order valence-electron chi connectivity index (χ2n) is 6.61. The van der Waals surface area contributed by atoms with Crippen LogP contribution >= 0.6 is 0 Å². The molecule has 122 valence electrons. The molecule has 1 aromatic rings. The Bertz CT molecular complexity index is 671. The molecule has 6 heteroatoms. The third kappa shape index (κ3) is 2.43. The third-order valence-corrected chi connectivity index (χ3v) is 6.82. The van der Waals surface area contributed by atoms with E-state index in [4.69, 9.17) is 4.74 Å². The highest BCUT2D eigenvalue weighted by Gasteiger charge is 2.49. The number of benzene rings is 1. The number of aliphatic hydroxyl groups is 1. The summed E-state index contributed by atoms with van der Waals surface area (Å²) in [5, 5.41) is 9.74. The smallest absolute Gasteiger partial charge is 0.246 e. The maximum absolute atomic E-state index is 13.0. The molecular weight excluding hydrogens is 302 g/mol. The number of rotatable bonds is 4. The van der Waals surface area contributed by atoms with Crippen LogP contribution in [-0.4, -0.2) is 44.1 Å². The molecule has 0 bridgehead atoms. The topological polar surface area (TPSA) is 66.8 Å². The first-order chi connectivity index (χ1) is 10.3. The van der Waals surface area contributed by atoms with Gasteiger partial charge in [-0.3, -0.25) is 0 Å². The lowest BCUT2D eigenvalue weighted by atomic mass is 9.74. The largest absolute Gasteiger partial charge is 0.495 e. The van der Waals surface area contributed by atoms with E-state index in [0.717, 1.165) is 5.56 Å². The van der Waals surface area contributed by atoms with Crippen molar-refractivity contribution >= 4 is 10.0 Å². The fourth-order valence-corrected chi connectivity index (χ4v) is 5.14. The predicted octanol–water partition coefficient (Wildman–Crippen LogP) is 1.82. The maximum Gasteiger partial charge on any atom is 0.246 e. The van der Waals surface area contributed by atoms with E-state index in [1.165, 1.54) is 11.4 Å². The molecule has 1 heterocycles. The normalized spacial score (nSPS) is 28.5. The number of ether oxygens (including phenoxy) is 1. The van der Waals surface area contributed by atoms with E-state index >= 15 is 0 Å². The molecule has 3 rings (SSSR count). The van der Waals surface area contributed by atoms with Gasteiger partial charge in [0, 0.05) is 19.0 Å². The van der Waals surface area contributed by atoms with Crippen LogP contribution in [0.5, 0.6) is 5.75 Å². The highest BCUT2D eigenvalue weighted by molar-refractivity contribution is 7.89. The zero-order valence-electron chi connectivity index (χ0n) is 13.2. The monoisotopic (exact) mass is 325 g/mol. The second-order valence-corrected chi connectivity index (χ2v) is 8.52. The summed E-state index contributed by atoms with van der Waals surface area (Å²) in [4.78, 5) is 0.233. The van der Waals surface area contributed by atoms with Crippen LogP contribution < -0.4 is 4.74 Å². The van der Waals surface area contributed by atoms with Crippen molar-refractivity contribution in [2.45, 2.75) is 37.2 Å². The molecule has 2 fully saturated rings. The molecule has 22 heavy (non-hydrogen) atoms. The Morgan fingerprint density at radius 1 is 1.32 bits per heavy atom. The highest BCUT2D eigenvalue weighted by Crippen LogP contribution is 2.43. The molecule has 5 nitrogen and oxygen atoms in total. The van der Waals surface area contributed by atoms with E-state index in [1.54, 1.807) is 12.1 Å². The number of sulfonamides is 1. The standard InChI is InChI=1S/C16H23NO4S/c1-10(2)11-4-5-15(21-3)16(7-11)22(19,20)17-8-12-6-14(18)13(12)9-17/h4-5,7,10,12-14,18H,6,8-9H2,1-3H3. The maximum atomic E-state index is 13.0. The van der Waals surface area contributed by atoms with Gasteiger partial charge < -0.3 is 9.84 Å². The number of methoxy groups -OCH3 is 1. The first-order valence-corrected chi connectivity index (χ1v) is 9.14. The van der Waals surface area contributed by atoms with E-state index in [2.05, 4.69) is 0 Å². The minimum atomic E-state index is -3.59. The van der Waals surface area contributed by atoms with E-state index in [0.29, 0.717) is 31.2 Å². The van der Waals surface area contributed by atoms with Gasteiger partial charge in [-0.05, 0) is 36.0 Å². The molecule has 0 aromatic heterocycles. The molecule has 1 aliphatic carbocycles. The minimum Gasteiger partial charge on any atom is -0.495 e. The van der Waals surface area contributed by atoms with Crippen LogP contribution in [-0.2, 0) is 10.0 Å². The van der Waals surface area contributed by atoms with Crippen LogP contribution in [0, 0.1) is 11.8 Å². The highest BCUT2D eigenvalue weighted by atomic mass is 32.2. The number of nitrogens with zero attached hydrogens (tertiary/aromatic N) is 1. The first-order valence-electron chi connectivity index (χ1n) is 7.70. The average molecular weight is 325 g/mol. The van der Waals surface area contributed by atoms with Gasteiger partial charge in [0.15, 0.2) is 0 Å². The molecule has 1 saturated heterocycles. The summed E-state index contributed by atoms with van der Waals surface area (Å²) in [6.07, 6.45) is 0.355. The third-order valence-electron chi connectivity index (χ3n) is 4.97. The van der Waals surface area contributed by atoms with Gasteiger partial charge in [-0.15, -0.1) is 0 Å². The fourth-order valence-electron chi connectivity index (χ4n) is 3.42. The zero-order valence-corrected chi connectivity index (χ0v) is 14.0. The molecule has 3 unspecified atom stereocenters. The number of hydrogen-bond donors (Lipinski definition) is 1. The average Bonchev–Trinajstić information content (AvgIpc) is 2.84. The van der Waals surface area contributed by atoms with Crippen LogP contribution in [0.4, 0.5) is 0 Å². The van der Waals surface area contributed by atoms with Crippen molar-refractivity contribution in [3.8, 4) is 5.75 Å². The lowest BCUT2D eigenvalue weighted by Crippen LogP contribution is -2.39. The van der Waals surface area contributed by atoms with Crippen molar-refractivity contribution in [2.24, 2.45) is 11.8 Å². The van der Waals surface area contributed by atoms with E-state index in [-0.39, 0.29) is 22.8 Å². The number of fused-ring (bicyclic) bond motifs is 1. The SMILES string of the molecule is COc1ccc(C(C)C)cc1S(=O)(=O)N1CC2CC(O)C2C1. The van der Waals surface area contributed by atoms with E-state index in [1.807, 2.05) is 19.9 Å². The zero-order chi connectivity index (χ0) is 16.1. The van der Waals surface area contributed by atoms with Gasteiger partial charge in [0.25, 0.3) is 0 Å². The molecule has 1 saturated carbocycles. The fraction of sp³-hybridized carbons (Fsp3) is 0.625. The summed E-state index contributed by atoms with van der Waals surface area (Å²) >= 11 is 0. The molecular formula is C16H23NO4S. The predicted molar refractivity (Wildman–Crippen MR) is 83.4 cm³/mol. The molecule has 0 amide bonds. The Labute approximate surface area is 131 Å². The Kier molecular flexibility index (Phi) is 3.95. The van der Waals surface area contributed by atoms with Crippen LogP contribution in [0.1, 0.15) is 31.7 Å². The van der Waals surface area contributed by atoms with Crippen molar-refractivity contribution in [3.63, 3.8) is 0 Å². The summed E-state index contributed by atoms with van der Waals surface area (Å²) in [5.41, 5.74) is 0.974.